The smallest absolute Gasteiger partial charge is 0.322 e. The molecule has 0 aliphatic heterocycles. The Kier molecular flexibility index (Phi) is 4.91. The molecule has 0 unspecified atom stereocenters. The highest BCUT2D eigenvalue weighted by Crippen LogP contribution is 2.21. The molecule has 1 aromatic carbocycles. The van der Waals surface area contributed by atoms with Crippen LogP contribution in [0.25, 0.3) is 0 Å². The molecule has 22 heavy (non-hydrogen) atoms. The van der Waals surface area contributed by atoms with Crippen molar-refractivity contribution in [2.24, 2.45) is 0 Å². The molecule has 0 radical (unpaired) electrons. The van der Waals surface area contributed by atoms with Crippen molar-refractivity contribution < 1.29 is 9.21 Å². The molecule has 1 heterocycles. The Balaban J connectivity index is 2.16. The lowest BCUT2D eigenvalue weighted by molar-refractivity contribution is 0.187. The van der Waals surface area contributed by atoms with Crippen LogP contribution in [0.5, 0.6) is 0 Å². The Hall–Kier alpha value is -2.23. The summed E-state index contributed by atoms with van der Waals surface area (Å²) in [5.41, 5.74) is 3.01. The quantitative estimate of drug-likeness (QED) is 0.893. The normalized spacial score (nSPS) is 10.8. The van der Waals surface area contributed by atoms with Gasteiger partial charge in [0.05, 0.1) is 6.54 Å². The first-order valence-electron chi connectivity index (χ1n) is 7.57. The van der Waals surface area contributed by atoms with Crippen LogP contribution in [0.4, 0.5) is 10.5 Å². The maximum Gasteiger partial charge on any atom is 0.322 e. The number of aryl methyl sites for hydroxylation is 3. The molecule has 0 saturated carbocycles. The minimum absolute atomic E-state index is 0.0785. The number of hydrogen-bond donors (Lipinski definition) is 1. The van der Waals surface area contributed by atoms with Gasteiger partial charge in [0.25, 0.3) is 0 Å². The number of hydrogen-bond acceptors (Lipinski definition) is 2. The second-order valence-corrected chi connectivity index (χ2v) is 5.93. The van der Waals surface area contributed by atoms with Crippen molar-refractivity contribution in [1.82, 2.24) is 4.90 Å². The van der Waals surface area contributed by atoms with E-state index in [1.807, 2.05) is 65.0 Å². The second-order valence-electron chi connectivity index (χ2n) is 5.93. The zero-order valence-corrected chi connectivity index (χ0v) is 13.9. The van der Waals surface area contributed by atoms with E-state index < -0.39 is 0 Å². The summed E-state index contributed by atoms with van der Waals surface area (Å²) in [6, 6.07) is 9.79. The van der Waals surface area contributed by atoms with Crippen LogP contribution in [0, 0.1) is 20.8 Å². The monoisotopic (exact) mass is 300 g/mol. The highest BCUT2D eigenvalue weighted by molar-refractivity contribution is 5.91. The third kappa shape index (κ3) is 3.70. The first-order valence-corrected chi connectivity index (χ1v) is 7.57. The predicted octanol–water partition coefficient (Wildman–Crippen LogP) is 4.65. The molecular formula is C18H24N2O2. The number of rotatable bonds is 4. The molecule has 0 bridgehead atoms. The van der Waals surface area contributed by atoms with Gasteiger partial charge in [-0.2, -0.15) is 0 Å². The zero-order valence-electron chi connectivity index (χ0n) is 13.9. The van der Waals surface area contributed by atoms with Gasteiger partial charge in [-0.05, 0) is 57.9 Å². The molecule has 0 aliphatic carbocycles. The first-order chi connectivity index (χ1) is 10.4. The number of nitrogens with zero attached hydrogens (tertiary/aromatic N) is 1. The van der Waals surface area contributed by atoms with Gasteiger partial charge in [0.2, 0.25) is 0 Å². The van der Waals surface area contributed by atoms with Crippen LogP contribution >= 0.6 is 0 Å². The summed E-state index contributed by atoms with van der Waals surface area (Å²) in [5.74, 6) is 1.65. The van der Waals surface area contributed by atoms with Crippen LogP contribution in [0.2, 0.25) is 0 Å². The third-order valence-corrected chi connectivity index (χ3v) is 3.72. The lowest BCUT2D eigenvalue weighted by Crippen LogP contribution is -2.39. The molecule has 0 aliphatic rings. The summed E-state index contributed by atoms with van der Waals surface area (Å²) < 4.78 is 5.59. The van der Waals surface area contributed by atoms with E-state index in [0.29, 0.717) is 6.54 Å². The number of benzene rings is 1. The van der Waals surface area contributed by atoms with E-state index in [2.05, 4.69) is 5.32 Å². The largest absolute Gasteiger partial charge is 0.464 e. The van der Waals surface area contributed by atoms with Crippen molar-refractivity contribution in [3.8, 4) is 0 Å². The van der Waals surface area contributed by atoms with Crippen molar-refractivity contribution in [2.45, 2.75) is 47.2 Å². The predicted molar refractivity (Wildman–Crippen MR) is 89.1 cm³/mol. The van der Waals surface area contributed by atoms with Crippen LogP contribution < -0.4 is 5.32 Å². The standard InChI is InChI=1S/C18H24N2O2/c1-12(2)20(11-16-10-9-15(5)22-16)18(21)19-17-13(3)7-6-8-14(17)4/h6-10,12H,11H2,1-5H3,(H,19,21). The van der Waals surface area contributed by atoms with Gasteiger partial charge < -0.3 is 14.6 Å². The fourth-order valence-electron chi connectivity index (χ4n) is 2.42. The van der Waals surface area contributed by atoms with Gasteiger partial charge in [-0.1, -0.05) is 18.2 Å². The molecule has 0 spiro atoms. The van der Waals surface area contributed by atoms with Crippen molar-refractivity contribution in [2.75, 3.05) is 5.32 Å². The van der Waals surface area contributed by atoms with Crippen molar-refractivity contribution >= 4 is 11.7 Å². The summed E-state index contributed by atoms with van der Waals surface area (Å²) >= 11 is 0. The second kappa shape index (κ2) is 6.69. The Bertz CT molecular complexity index is 639. The van der Waals surface area contributed by atoms with Gasteiger partial charge >= 0.3 is 6.03 Å². The van der Waals surface area contributed by atoms with Gasteiger partial charge in [0, 0.05) is 11.7 Å². The fourth-order valence-corrected chi connectivity index (χ4v) is 2.42. The van der Waals surface area contributed by atoms with E-state index in [4.69, 9.17) is 4.42 Å². The van der Waals surface area contributed by atoms with E-state index >= 15 is 0 Å². The number of anilines is 1. The molecule has 2 rings (SSSR count). The van der Waals surface area contributed by atoms with Crippen molar-refractivity contribution in [3.05, 3.63) is 53.0 Å². The van der Waals surface area contributed by atoms with Gasteiger partial charge in [0.1, 0.15) is 11.5 Å². The molecule has 1 aromatic heterocycles. The molecule has 0 fully saturated rings. The lowest BCUT2D eigenvalue weighted by atomic mass is 10.1. The summed E-state index contributed by atoms with van der Waals surface area (Å²) in [7, 11) is 0. The average molecular weight is 300 g/mol. The molecule has 4 nitrogen and oxygen atoms in total. The van der Waals surface area contributed by atoms with Crippen LogP contribution in [-0.2, 0) is 6.54 Å². The van der Waals surface area contributed by atoms with E-state index in [0.717, 1.165) is 28.3 Å². The molecule has 2 aromatic rings. The third-order valence-electron chi connectivity index (χ3n) is 3.72. The van der Waals surface area contributed by atoms with Gasteiger partial charge in [0.15, 0.2) is 0 Å². The van der Waals surface area contributed by atoms with Gasteiger partial charge in [-0.15, -0.1) is 0 Å². The molecule has 4 heteroatoms. The number of furan rings is 1. The van der Waals surface area contributed by atoms with Crippen LogP contribution in [-0.4, -0.2) is 17.0 Å². The average Bonchev–Trinajstić information content (AvgIpc) is 2.85. The number of para-hydroxylation sites is 1. The number of amides is 2. The molecular weight excluding hydrogens is 276 g/mol. The minimum Gasteiger partial charge on any atom is -0.464 e. The van der Waals surface area contributed by atoms with E-state index in [-0.39, 0.29) is 12.1 Å². The highest BCUT2D eigenvalue weighted by atomic mass is 16.3. The van der Waals surface area contributed by atoms with Crippen LogP contribution in [0.3, 0.4) is 0 Å². The Morgan fingerprint density at radius 3 is 2.27 bits per heavy atom. The van der Waals surface area contributed by atoms with Crippen LogP contribution in [0.1, 0.15) is 36.5 Å². The number of carbonyl (C=O) groups excluding carboxylic acids is 1. The summed E-state index contributed by atoms with van der Waals surface area (Å²) in [6.45, 7) is 10.4. The van der Waals surface area contributed by atoms with E-state index in [9.17, 15) is 4.79 Å². The molecule has 0 atom stereocenters. The Labute approximate surface area is 132 Å². The van der Waals surface area contributed by atoms with Crippen molar-refractivity contribution in [3.63, 3.8) is 0 Å². The maximum absolute atomic E-state index is 12.6. The maximum atomic E-state index is 12.6. The van der Waals surface area contributed by atoms with Crippen LogP contribution in [0.15, 0.2) is 34.7 Å². The van der Waals surface area contributed by atoms with Crippen molar-refractivity contribution in [1.29, 1.82) is 0 Å². The Morgan fingerprint density at radius 1 is 1.14 bits per heavy atom. The Morgan fingerprint density at radius 2 is 1.77 bits per heavy atom. The highest BCUT2D eigenvalue weighted by Gasteiger charge is 2.20. The summed E-state index contributed by atoms with van der Waals surface area (Å²) in [5, 5.41) is 3.03. The number of nitrogens with one attached hydrogen (secondary N) is 1. The van der Waals surface area contributed by atoms with Gasteiger partial charge in [-0.25, -0.2) is 4.79 Å². The number of carbonyl (C=O) groups is 1. The van der Waals surface area contributed by atoms with Gasteiger partial charge in [-0.3, -0.25) is 0 Å². The first kappa shape index (κ1) is 16.1. The van der Waals surface area contributed by atoms with E-state index in [1.165, 1.54) is 0 Å². The van der Waals surface area contributed by atoms with E-state index in [1.54, 1.807) is 4.90 Å². The zero-order chi connectivity index (χ0) is 16.3. The molecule has 2 amide bonds. The molecule has 118 valence electrons. The lowest BCUT2D eigenvalue weighted by Gasteiger charge is -2.27. The topological polar surface area (TPSA) is 45.5 Å². The molecule has 1 N–H and O–H groups in total. The molecule has 0 saturated heterocycles. The minimum atomic E-state index is -0.110. The number of urea groups is 1. The summed E-state index contributed by atoms with van der Waals surface area (Å²) in [4.78, 5) is 14.4. The SMILES string of the molecule is Cc1ccc(CN(C(=O)Nc2c(C)cccc2C)C(C)C)o1. The fraction of sp³-hybridized carbons (Fsp3) is 0.389. The summed E-state index contributed by atoms with van der Waals surface area (Å²) in [6.07, 6.45) is 0.